The fourth-order valence-corrected chi connectivity index (χ4v) is 5.21. The molecule has 2 atom stereocenters. The van der Waals surface area contributed by atoms with Crippen LogP contribution < -0.4 is 10.7 Å². The highest BCUT2D eigenvalue weighted by Crippen LogP contribution is 2.25. The van der Waals surface area contributed by atoms with Crippen LogP contribution in [0.4, 0.5) is 8.78 Å². The molecule has 1 fully saturated rings. The van der Waals surface area contributed by atoms with Crippen LogP contribution in [0.1, 0.15) is 50.4 Å². The van der Waals surface area contributed by atoms with Gasteiger partial charge in [0.25, 0.3) is 11.8 Å². The highest BCUT2D eigenvalue weighted by Gasteiger charge is 2.33. The predicted molar refractivity (Wildman–Crippen MR) is 144 cm³/mol. The first kappa shape index (κ1) is 26.3. The number of nitrogens with zero attached hydrogens (tertiary/aromatic N) is 1. The number of piperidine rings is 1. The van der Waals surface area contributed by atoms with Crippen LogP contribution in [-0.4, -0.2) is 35.3 Å². The molecule has 0 bridgehead atoms. The lowest BCUT2D eigenvalue weighted by molar-refractivity contribution is 0.0568. The largest absolute Gasteiger partial charge is 0.451 e. The smallest absolute Gasteiger partial charge is 0.287 e. The van der Waals surface area contributed by atoms with Crippen molar-refractivity contribution in [3.8, 4) is 0 Å². The van der Waals surface area contributed by atoms with Crippen molar-refractivity contribution in [3.05, 3.63) is 117 Å². The van der Waals surface area contributed by atoms with E-state index in [1.165, 1.54) is 24.3 Å². The summed E-state index contributed by atoms with van der Waals surface area (Å²) in [6.07, 6.45) is 1.48. The molecule has 8 heteroatoms. The summed E-state index contributed by atoms with van der Waals surface area (Å²) in [5.74, 6) is -0.867. The highest BCUT2D eigenvalue weighted by atomic mass is 19.1. The van der Waals surface area contributed by atoms with Gasteiger partial charge in [0.1, 0.15) is 18.9 Å². The molecule has 2 unspecified atom stereocenters. The van der Waals surface area contributed by atoms with E-state index in [0.717, 1.165) is 5.56 Å². The average molecular weight is 531 g/mol. The van der Waals surface area contributed by atoms with Crippen molar-refractivity contribution in [2.24, 2.45) is 0 Å². The molecule has 1 saturated heterocycles. The Hall–Kier alpha value is -4.33. The first-order chi connectivity index (χ1) is 18.9. The normalized spacial score (nSPS) is 17.2. The lowest BCUT2D eigenvalue weighted by Gasteiger charge is -2.40. The SMILES string of the molecule is O=C(NC1CCN(C(=O)c2cc(CF)cc(CF)c2)C(Cc2ccccc2)C1)c1cc(=O)c2ccccc2o1. The summed E-state index contributed by atoms with van der Waals surface area (Å²) >= 11 is 0. The number of hydrogen-bond acceptors (Lipinski definition) is 4. The Bertz CT molecular complexity index is 1530. The van der Waals surface area contributed by atoms with E-state index in [2.05, 4.69) is 5.32 Å². The minimum atomic E-state index is -0.791. The number of benzene rings is 3. The van der Waals surface area contributed by atoms with E-state index in [-0.39, 0.29) is 45.9 Å². The van der Waals surface area contributed by atoms with Gasteiger partial charge in [-0.1, -0.05) is 48.5 Å². The Labute approximate surface area is 224 Å². The molecule has 39 heavy (non-hydrogen) atoms. The maximum atomic E-state index is 13.6. The molecule has 1 N–H and O–H groups in total. The minimum absolute atomic E-state index is 0.0707. The van der Waals surface area contributed by atoms with Crippen LogP contribution in [0, 0.1) is 0 Å². The van der Waals surface area contributed by atoms with E-state index in [1.54, 1.807) is 29.2 Å². The van der Waals surface area contributed by atoms with Gasteiger partial charge in [-0.2, -0.15) is 0 Å². The molecule has 4 aromatic rings. The van der Waals surface area contributed by atoms with Crippen molar-refractivity contribution >= 4 is 22.8 Å². The summed E-state index contributed by atoms with van der Waals surface area (Å²) in [4.78, 5) is 40.8. The first-order valence-corrected chi connectivity index (χ1v) is 12.9. The van der Waals surface area contributed by atoms with Crippen molar-refractivity contribution in [1.82, 2.24) is 10.2 Å². The molecule has 1 aliphatic heterocycles. The van der Waals surface area contributed by atoms with E-state index in [4.69, 9.17) is 4.42 Å². The molecule has 3 aromatic carbocycles. The van der Waals surface area contributed by atoms with E-state index in [9.17, 15) is 23.2 Å². The van der Waals surface area contributed by atoms with Crippen LogP contribution in [-0.2, 0) is 19.8 Å². The van der Waals surface area contributed by atoms with Crippen LogP contribution in [0.3, 0.4) is 0 Å². The van der Waals surface area contributed by atoms with E-state index in [1.807, 2.05) is 30.3 Å². The fraction of sp³-hybridized carbons (Fsp3) is 0.258. The first-order valence-electron chi connectivity index (χ1n) is 12.9. The molecular weight excluding hydrogens is 502 g/mol. The zero-order valence-electron chi connectivity index (χ0n) is 21.2. The minimum Gasteiger partial charge on any atom is -0.451 e. The summed E-state index contributed by atoms with van der Waals surface area (Å²) in [6, 6.07) is 21.4. The second-order valence-corrected chi connectivity index (χ2v) is 9.81. The Morgan fingerprint density at radius 3 is 2.31 bits per heavy atom. The van der Waals surface area contributed by atoms with Crippen LogP contribution >= 0.6 is 0 Å². The van der Waals surface area contributed by atoms with Gasteiger partial charge in [-0.25, -0.2) is 8.78 Å². The lowest BCUT2D eigenvalue weighted by atomic mass is 9.91. The number of nitrogens with one attached hydrogen (secondary N) is 1. The number of fused-ring (bicyclic) bond motifs is 1. The highest BCUT2D eigenvalue weighted by molar-refractivity contribution is 5.95. The molecule has 1 aromatic heterocycles. The van der Waals surface area contributed by atoms with E-state index < -0.39 is 19.3 Å². The van der Waals surface area contributed by atoms with Crippen LogP contribution in [0.25, 0.3) is 11.0 Å². The second kappa shape index (κ2) is 11.6. The number of carbonyl (C=O) groups excluding carboxylic acids is 2. The molecule has 2 amide bonds. The zero-order chi connectivity index (χ0) is 27.4. The number of alkyl halides is 2. The van der Waals surface area contributed by atoms with Gasteiger partial charge in [-0.3, -0.25) is 14.4 Å². The van der Waals surface area contributed by atoms with Gasteiger partial charge >= 0.3 is 0 Å². The Kier molecular flexibility index (Phi) is 7.81. The number of amides is 2. The monoisotopic (exact) mass is 530 g/mol. The van der Waals surface area contributed by atoms with Gasteiger partial charge in [0.05, 0.1) is 5.39 Å². The molecule has 2 heterocycles. The van der Waals surface area contributed by atoms with Gasteiger partial charge in [0.15, 0.2) is 11.2 Å². The van der Waals surface area contributed by atoms with Gasteiger partial charge in [0.2, 0.25) is 0 Å². The number of likely N-dealkylation sites (tertiary alicyclic amines) is 1. The number of carbonyl (C=O) groups is 2. The van der Waals surface area contributed by atoms with Crippen molar-refractivity contribution in [3.63, 3.8) is 0 Å². The molecule has 5 rings (SSSR count). The number of para-hydroxylation sites is 1. The third-order valence-corrected chi connectivity index (χ3v) is 7.09. The standard InChI is InChI=1S/C31H28F2N2O4/c32-18-21-12-22(19-33)14-23(13-21)31(38)35-11-10-24(16-25(35)15-20-6-2-1-3-7-20)34-30(37)29-17-27(36)26-8-4-5-9-28(26)39-29/h1-9,12-14,17,24-25H,10-11,15-16,18-19H2,(H,34,37). The topological polar surface area (TPSA) is 79.6 Å². The summed E-state index contributed by atoms with van der Waals surface area (Å²) in [5, 5.41) is 3.37. The summed E-state index contributed by atoms with van der Waals surface area (Å²) in [5.41, 5.74) is 1.82. The third kappa shape index (κ3) is 5.90. The molecule has 6 nitrogen and oxygen atoms in total. The number of rotatable bonds is 7. The molecule has 0 radical (unpaired) electrons. The molecule has 0 aliphatic carbocycles. The third-order valence-electron chi connectivity index (χ3n) is 7.09. The molecule has 200 valence electrons. The van der Waals surface area contributed by atoms with Crippen molar-refractivity contribution in [2.45, 2.75) is 44.7 Å². The Morgan fingerprint density at radius 1 is 0.897 bits per heavy atom. The number of hydrogen-bond donors (Lipinski definition) is 1. The maximum absolute atomic E-state index is 13.6. The summed E-state index contributed by atoms with van der Waals surface area (Å²) in [6.45, 7) is -1.24. The van der Waals surface area contributed by atoms with Crippen molar-refractivity contribution < 1.29 is 22.8 Å². The summed E-state index contributed by atoms with van der Waals surface area (Å²) < 4.78 is 32.5. The van der Waals surface area contributed by atoms with E-state index >= 15 is 0 Å². The van der Waals surface area contributed by atoms with Gasteiger partial charge in [0, 0.05) is 30.3 Å². The van der Waals surface area contributed by atoms with Gasteiger partial charge in [-0.15, -0.1) is 0 Å². The number of halogens is 2. The van der Waals surface area contributed by atoms with E-state index in [0.29, 0.717) is 36.8 Å². The molecular formula is C31H28F2N2O4. The van der Waals surface area contributed by atoms with Gasteiger partial charge in [-0.05, 0) is 60.2 Å². The van der Waals surface area contributed by atoms with Crippen LogP contribution in [0.5, 0.6) is 0 Å². The van der Waals surface area contributed by atoms with Crippen LogP contribution in [0.15, 0.2) is 88.1 Å². The fourth-order valence-electron chi connectivity index (χ4n) is 5.21. The molecule has 1 aliphatic rings. The quantitative estimate of drug-likeness (QED) is 0.348. The molecule has 0 saturated carbocycles. The Morgan fingerprint density at radius 2 is 1.59 bits per heavy atom. The van der Waals surface area contributed by atoms with Crippen molar-refractivity contribution in [1.29, 1.82) is 0 Å². The maximum Gasteiger partial charge on any atom is 0.287 e. The summed E-state index contributed by atoms with van der Waals surface area (Å²) in [7, 11) is 0. The Balaban J connectivity index is 1.37. The van der Waals surface area contributed by atoms with Gasteiger partial charge < -0.3 is 14.6 Å². The average Bonchev–Trinajstić information content (AvgIpc) is 2.97. The molecule has 0 spiro atoms. The van der Waals surface area contributed by atoms with Crippen molar-refractivity contribution in [2.75, 3.05) is 6.54 Å². The zero-order valence-corrected chi connectivity index (χ0v) is 21.2. The van der Waals surface area contributed by atoms with Crippen LogP contribution in [0.2, 0.25) is 0 Å². The predicted octanol–water partition coefficient (Wildman–Crippen LogP) is 5.38. The lowest BCUT2D eigenvalue weighted by Crippen LogP contribution is -2.52. The second-order valence-electron chi connectivity index (χ2n) is 9.81.